The number of amides is 1. The number of carbonyl (C=O) groups excluding carboxylic acids is 1. The Morgan fingerprint density at radius 2 is 1.96 bits per heavy atom. The summed E-state index contributed by atoms with van der Waals surface area (Å²) in [5.41, 5.74) is 1.10. The Balaban J connectivity index is 1.76. The van der Waals surface area contributed by atoms with Crippen LogP contribution >= 0.6 is 0 Å². The summed E-state index contributed by atoms with van der Waals surface area (Å²) in [6, 6.07) is 9.57. The van der Waals surface area contributed by atoms with Gasteiger partial charge in [-0.3, -0.25) is 4.79 Å². The second-order valence-corrected chi connectivity index (χ2v) is 7.89. The lowest BCUT2D eigenvalue weighted by molar-refractivity contribution is -0.111. The van der Waals surface area contributed by atoms with E-state index in [-0.39, 0.29) is 4.90 Å². The van der Waals surface area contributed by atoms with Crippen molar-refractivity contribution in [1.29, 1.82) is 0 Å². The number of ether oxygens (including phenoxy) is 3. The number of carbonyl (C=O) groups is 1. The normalized spacial score (nSPS) is 13.4. The van der Waals surface area contributed by atoms with Crippen molar-refractivity contribution >= 4 is 27.5 Å². The largest absolute Gasteiger partial charge is 0.493 e. The number of rotatable bonds is 5. The van der Waals surface area contributed by atoms with Gasteiger partial charge in [-0.15, -0.1) is 0 Å². The van der Waals surface area contributed by atoms with Crippen LogP contribution in [0.25, 0.3) is 6.08 Å². The molecule has 0 atom stereocenters. The first-order valence-electron chi connectivity index (χ1n) is 8.13. The first-order valence-corrected chi connectivity index (χ1v) is 10.0. The molecule has 1 aliphatic heterocycles. The molecule has 142 valence electrons. The van der Waals surface area contributed by atoms with Crippen molar-refractivity contribution in [2.75, 3.05) is 31.9 Å². The van der Waals surface area contributed by atoms with Crippen molar-refractivity contribution in [2.24, 2.45) is 0 Å². The summed E-state index contributed by atoms with van der Waals surface area (Å²) in [6.45, 7) is 0.897. The Labute approximate surface area is 157 Å². The fourth-order valence-corrected chi connectivity index (χ4v) is 3.22. The van der Waals surface area contributed by atoms with Crippen molar-refractivity contribution in [3.8, 4) is 17.2 Å². The average Bonchev–Trinajstić information content (AvgIpc) is 2.65. The lowest BCUT2D eigenvalue weighted by atomic mass is 10.1. The molecule has 3 rings (SSSR count). The Morgan fingerprint density at radius 3 is 2.70 bits per heavy atom. The predicted molar refractivity (Wildman–Crippen MR) is 101 cm³/mol. The molecule has 8 heteroatoms. The Kier molecular flexibility index (Phi) is 5.36. The zero-order chi connectivity index (χ0) is 19.4. The molecule has 1 N–H and O–H groups in total. The van der Waals surface area contributed by atoms with Gasteiger partial charge in [-0.2, -0.15) is 0 Å². The quantitative estimate of drug-likeness (QED) is 0.790. The first kappa shape index (κ1) is 18.8. The van der Waals surface area contributed by atoms with E-state index in [2.05, 4.69) is 5.32 Å². The third-order valence-corrected chi connectivity index (χ3v) is 4.92. The van der Waals surface area contributed by atoms with Crippen molar-refractivity contribution in [3.63, 3.8) is 0 Å². The van der Waals surface area contributed by atoms with Crippen LogP contribution in [-0.4, -0.2) is 40.9 Å². The van der Waals surface area contributed by atoms with E-state index in [0.29, 0.717) is 41.7 Å². The van der Waals surface area contributed by atoms with Crippen LogP contribution in [0.2, 0.25) is 0 Å². The minimum Gasteiger partial charge on any atom is -0.493 e. The topological polar surface area (TPSA) is 90.9 Å². The van der Waals surface area contributed by atoms with Gasteiger partial charge in [-0.05, 0) is 42.0 Å². The van der Waals surface area contributed by atoms with Gasteiger partial charge >= 0.3 is 0 Å². The molecule has 0 unspecified atom stereocenters. The highest BCUT2D eigenvalue weighted by Gasteiger charge is 2.17. The van der Waals surface area contributed by atoms with E-state index in [0.717, 1.165) is 6.26 Å². The van der Waals surface area contributed by atoms with Crippen LogP contribution in [0.4, 0.5) is 5.69 Å². The fraction of sp³-hybridized carbons (Fsp3) is 0.211. The molecule has 1 heterocycles. The Bertz CT molecular complexity index is 980. The standard InChI is InChI=1S/C19H19NO6S/c1-24-16-10-13(11-17-19(16)26-9-8-25-17)6-7-18(21)20-14-4-3-5-15(12-14)27(2,22)23/h3-7,10-12H,8-9H2,1-2H3,(H,20,21)/b7-6+. The van der Waals surface area contributed by atoms with Crippen LogP contribution in [0, 0.1) is 0 Å². The van der Waals surface area contributed by atoms with E-state index in [1.807, 2.05) is 0 Å². The minimum atomic E-state index is -3.34. The number of hydrogen-bond donors (Lipinski definition) is 1. The minimum absolute atomic E-state index is 0.140. The summed E-state index contributed by atoms with van der Waals surface area (Å²) in [6.07, 6.45) is 4.07. The van der Waals surface area contributed by atoms with Crippen LogP contribution in [-0.2, 0) is 14.6 Å². The van der Waals surface area contributed by atoms with E-state index < -0.39 is 15.7 Å². The first-order chi connectivity index (χ1) is 12.9. The SMILES string of the molecule is COc1cc(/C=C/C(=O)Nc2cccc(S(C)(=O)=O)c2)cc2c1OCCO2. The van der Waals surface area contributed by atoms with Gasteiger partial charge < -0.3 is 19.5 Å². The summed E-state index contributed by atoms with van der Waals surface area (Å²) in [5.74, 6) is 1.23. The van der Waals surface area contributed by atoms with E-state index in [4.69, 9.17) is 14.2 Å². The number of fused-ring (bicyclic) bond motifs is 1. The molecule has 0 saturated carbocycles. The molecular formula is C19H19NO6S. The van der Waals surface area contributed by atoms with Crippen LogP contribution in [0.15, 0.2) is 47.4 Å². The van der Waals surface area contributed by atoms with Gasteiger partial charge in [0.05, 0.1) is 12.0 Å². The Hall–Kier alpha value is -3.00. The van der Waals surface area contributed by atoms with Gasteiger partial charge in [0.2, 0.25) is 11.7 Å². The molecule has 0 saturated heterocycles. The van der Waals surface area contributed by atoms with Gasteiger partial charge in [-0.1, -0.05) is 6.07 Å². The van der Waals surface area contributed by atoms with Crippen LogP contribution in [0.5, 0.6) is 17.2 Å². The third kappa shape index (κ3) is 4.59. The smallest absolute Gasteiger partial charge is 0.248 e. The second kappa shape index (κ2) is 7.71. The molecule has 0 bridgehead atoms. The maximum atomic E-state index is 12.2. The van der Waals surface area contributed by atoms with E-state index in [1.54, 1.807) is 30.3 Å². The lowest BCUT2D eigenvalue weighted by Crippen LogP contribution is -2.16. The summed E-state index contributed by atoms with van der Waals surface area (Å²) in [7, 11) is -1.81. The number of benzene rings is 2. The zero-order valence-electron chi connectivity index (χ0n) is 14.9. The van der Waals surface area contributed by atoms with Crippen molar-refractivity contribution < 1.29 is 27.4 Å². The number of sulfone groups is 1. The molecule has 7 nitrogen and oxygen atoms in total. The van der Waals surface area contributed by atoms with Gasteiger partial charge in [0, 0.05) is 18.0 Å². The third-order valence-electron chi connectivity index (χ3n) is 3.81. The van der Waals surface area contributed by atoms with E-state index in [1.165, 1.54) is 25.3 Å². The lowest BCUT2D eigenvalue weighted by Gasteiger charge is -2.20. The van der Waals surface area contributed by atoms with Gasteiger partial charge in [-0.25, -0.2) is 8.42 Å². The van der Waals surface area contributed by atoms with Gasteiger partial charge in [0.25, 0.3) is 0 Å². The van der Waals surface area contributed by atoms with Gasteiger partial charge in [0.1, 0.15) is 13.2 Å². The highest BCUT2D eigenvalue weighted by Crippen LogP contribution is 2.40. The van der Waals surface area contributed by atoms with E-state index >= 15 is 0 Å². The summed E-state index contributed by atoms with van der Waals surface area (Å²) in [5, 5.41) is 2.64. The average molecular weight is 389 g/mol. The fourth-order valence-electron chi connectivity index (χ4n) is 2.55. The van der Waals surface area contributed by atoms with Gasteiger partial charge in [0.15, 0.2) is 21.3 Å². The zero-order valence-corrected chi connectivity index (χ0v) is 15.7. The number of nitrogens with one attached hydrogen (secondary N) is 1. The molecule has 2 aromatic carbocycles. The molecule has 1 aliphatic rings. The molecule has 0 aromatic heterocycles. The van der Waals surface area contributed by atoms with Crippen LogP contribution in [0.1, 0.15) is 5.56 Å². The van der Waals surface area contributed by atoms with Crippen molar-refractivity contribution in [1.82, 2.24) is 0 Å². The molecular weight excluding hydrogens is 370 g/mol. The highest BCUT2D eigenvalue weighted by molar-refractivity contribution is 7.90. The number of methoxy groups -OCH3 is 1. The summed E-state index contributed by atoms with van der Waals surface area (Å²) < 4.78 is 39.6. The molecule has 0 radical (unpaired) electrons. The van der Waals surface area contributed by atoms with Crippen molar-refractivity contribution in [2.45, 2.75) is 4.90 Å². The van der Waals surface area contributed by atoms with Crippen LogP contribution in [0.3, 0.4) is 0 Å². The molecule has 0 spiro atoms. The number of hydrogen-bond acceptors (Lipinski definition) is 6. The maximum Gasteiger partial charge on any atom is 0.248 e. The maximum absolute atomic E-state index is 12.2. The molecule has 27 heavy (non-hydrogen) atoms. The monoisotopic (exact) mass is 389 g/mol. The predicted octanol–water partition coefficient (Wildman–Crippen LogP) is 2.52. The molecule has 0 fully saturated rings. The van der Waals surface area contributed by atoms with E-state index in [9.17, 15) is 13.2 Å². The second-order valence-electron chi connectivity index (χ2n) is 5.87. The molecule has 0 aliphatic carbocycles. The van der Waals surface area contributed by atoms with Crippen molar-refractivity contribution in [3.05, 3.63) is 48.0 Å². The highest BCUT2D eigenvalue weighted by atomic mass is 32.2. The molecule has 2 aromatic rings. The summed E-state index contributed by atoms with van der Waals surface area (Å²) >= 11 is 0. The Morgan fingerprint density at radius 1 is 1.19 bits per heavy atom. The summed E-state index contributed by atoms with van der Waals surface area (Å²) in [4.78, 5) is 12.3. The number of anilines is 1. The molecule has 1 amide bonds. The van der Waals surface area contributed by atoms with Crippen LogP contribution < -0.4 is 19.5 Å².